The summed E-state index contributed by atoms with van der Waals surface area (Å²) in [5.74, 6) is -1.08. The Balaban J connectivity index is 2.04. The van der Waals surface area contributed by atoms with E-state index in [4.69, 9.17) is 4.74 Å². The van der Waals surface area contributed by atoms with E-state index >= 15 is 0 Å². The van der Waals surface area contributed by atoms with Gasteiger partial charge in [0.25, 0.3) is 0 Å². The van der Waals surface area contributed by atoms with Crippen molar-refractivity contribution in [3.63, 3.8) is 0 Å². The van der Waals surface area contributed by atoms with E-state index in [1.165, 1.54) is 50.7 Å². The Morgan fingerprint density at radius 2 is 1.60 bits per heavy atom. The van der Waals surface area contributed by atoms with Crippen molar-refractivity contribution in [3.05, 3.63) is 35.6 Å². The highest BCUT2D eigenvalue weighted by Crippen LogP contribution is 2.10. The van der Waals surface area contributed by atoms with E-state index in [0.717, 1.165) is 12.8 Å². The van der Waals surface area contributed by atoms with E-state index in [9.17, 15) is 9.18 Å². The number of hydrogen-bond acceptors (Lipinski definition) is 2. The van der Waals surface area contributed by atoms with Crippen LogP contribution in [0.15, 0.2) is 24.3 Å². The molecule has 0 amide bonds. The van der Waals surface area contributed by atoms with Crippen LogP contribution in [0.1, 0.15) is 68.6 Å². The van der Waals surface area contributed by atoms with E-state index in [1.807, 2.05) is 0 Å². The molecule has 0 N–H and O–H groups in total. The van der Waals surface area contributed by atoms with Crippen LogP contribution in [0, 0.1) is 5.82 Å². The molecule has 0 saturated carbocycles. The molecule has 2 nitrogen and oxygen atoms in total. The van der Waals surface area contributed by atoms with Crippen LogP contribution in [-0.4, -0.2) is 12.6 Å². The van der Waals surface area contributed by atoms with E-state index in [2.05, 4.69) is 6.92 Å². The third-order valence-electron chi connectivity index (χ3n) is 3.32. The van der Waals surface area contributed by atoms with Gasteiger partial charge in [-0.15, -0.1) is 0 Å². The van der Waals surface area contributed by atoms with Gasteiger partial charge in [0.1, 0.15) is 5.82 Å². The van der Waals surface area contributed by atoms with Crippen LogP contribution in [0.2, 0.25) is 0 Å². The maximum Gasteiger partial charge on any atom is 0.341 e. The van der Waals surface area contributed by atoms with Crippen molar-refractivity contribution in [2.45, 2.75) is 58.3 Å². The van der Waals surface area contributed by atoms with Gasteiger partial charge in [0.2, 0.25) is 0 Å². The molecule has 0 unspecified atom stereocenters. The fraction of sp³-hybridized carbons (Fsp3) is 0.588. The van der Waals surface area contributed by atoms with Crippen molar-refractivity contribution >= 4 is 5.97 Å². The van der Waals surface area contributed by atoms with Gasteiger partial charge in [-0.2, -0.15) is 0 Å². The largest absolute Gasteiger partial charge is 0.462 e. The first-order valence-electron chi connectivity index (χ1n) is 7.67. The molecule has 0 aliphatic heterocycles. The van der Waals surface area contributed by atoms with Crippen LogP contribution >= 0.6 is 0 Å². The Morgan fingerprint density at radius 1 is 1.00 bits per heavy atom. The summed E-state index contributed by atoms with van der Waals surface area (Å²) >= 11 is 0. The number of ether oxygens (including phenoxy) is 1. The number of carbonyl (C=O) groups excluding carboxylic acids is 1. The van der Waals surface area contributed by atoms with Gasteiger partial charge in [-0.25, -0.2) is 9.18 Å². The Morgan fingerprint density at radius 3 is 2.25 bits per heavy atom. The molecule has 20 heavy (non-hydrogen) atoms. The van der Waals surface area contributed by atoms with Crippen LogP contribution in [-0.2, 0) is 4.74 Å². The Kier molecular flexibility index (Phi) is 8.68. The molecule has 0 aliphatic carbocycles. The first-order chi connectivity index (χ1) is 9.75. The molecule has 3 heteroatoms. The molecule has 1 aromatic carbocycles. The highest BCUT2D eigenvalue weighted by molar-refractivity contribution is 5.89. The van der Waals surface area contributed by atoms with Gasteiger partial charge in [-0.05, 0) is 18.6 Å². The van der Waals surface area contributed by atoms with Gasteiger partial charge < -0.3 is 4.74 Å². The molecule has 0 spiro atoms. The van der Waals surface area contributed by atoms with Gasteiger partial charge in [0.05, 0.1) is 12.2 Å². The number of rotatable bonds is 10. The molecule has 1 rings (SSSR count). The number of benzene rings is 1. The summed E-state index contributed by atoms with van der Waals surface area (Å²) in [6.07, 6.45) is 9.56. The zero-order chi connectivity index (χ0) is 14.6. The van der Waals surface area contributed by atoms with Crippen molar-refractivity contribution in [2.75, 3.05) is 6.61 Å². The molecule has 1 aromatic rings. The number of carbonyl (C=O) groups is 1. The summed E-state index contributed by atoms with van der Waals surface area (Å²) in [4.78, 5) is 11.6. The molecule has 0 radical (unpaired) electrons. The number of unbranched alkanes of at least 4 members (excludes halogenated alkanes) is 7. The number of esters is 1. The minimum absolute atomic E-state index is 0.0204. The average molecular weight is 280 g/mol. The first-order valence-corrected chi connectivity index (χ1v) is 7.67. The smallest absolute Gasteiger partial charge is 0.341 e. The van der Waals surface area contributed by atoms with Crippen LogP contribution in [0.4, 0.5) is 4.39 Å². The monoisotopic (exact) mass is 280 g/mol. The van der Waals surface area contributed by atoms with E-state index in [0.29, 0.717) is 6.61 Å². The standard InChI is InChI=1S/C17H25FO2/c1-2-3-4-5-6-7-8-11-14-20-17(19)15-12-9-10-13-16(15)18/h9-10,12-13H,2-8,11,14H2,1H3. The van der Waals surface area contributed by atoms with Gasteiger partial charge in [-0.1, -0.05) is 64.0 Å². The van der Waals surface area contributed by atoms with Crippen molar-refractivity contribution < 1.29 is 13.9 Å². The summed E-state index contributed by atoms with van der Waals surface area (Å²) in [5, 5.41) is 0. The Hall–Kier alpha value is -1.38. The maximum absolute atomic E-state index is 13.3. The fourth-order valence-corrected chi connectivity index (χ4v) is 2.11. The molecule has 112 valence electrons. The van der Waals surface area contributed by atoms with Gasteiger partial charge in [0, 0.05) is 0 Å². The second-order valence-electron chi connectivity index (χ2n) is 5.09. The lowest BCUT2D eigenvalue weighted by atomic mass is 10.1. The molecule has 0 fully saturated rings. The number of halogens is 1. The van der Waals surface area contributed by atoms with Crippen LogP contribution < -0.4 is 0 Å². The van der Waals surface area contributed by atoms with Crippen molar-refractivity contribution in [3.8, 4) is 0 Å². The maximum atomic E-state index is 13.3. The van der Waals surface area contributed by atoms with Crippen LogP contribution in [0.3, 0.4) is 0 Å². The zero-order valence-corrected chi connectivity index (χ0v) is 12.4. The highest BCUT2D eigenvalue weighted by atomic mass is 19.1. The second kappa shape index (κ2) is 10.4. The van der Waals surface area contributed by atoms with E-state index < -0.39 is 11.8 Å². The number of hydrogen-bond donors (Lipinski definition) is 0. The zero-order valence-electron chi connectivity index (χ0n) is 12.4. The molecule has 0 aromatic heterocycles. The lowest BCUT2D eigenvalue weighted by Gasteiger charge is -2.05. The topological polar surface area (TPSA) is 26.3 Å². The second-order valence-corrected chi connectivity index (χ2v) is 5.09. The predicted octanol–water partition coefficient (Wildman–Crippen LogP) is 5.12. The SMILES string of the molecule is CCCCCCCCCCOC(=O)c1ccccc1F. The summed E-state index contributed by atoms with van der Waals surface area (Å²) in [6, 6.07) is 5.92. The quantitative estimate of drug-likeness (QED) is 0.439. The third-order valence-corrected chi connectivity index (χ3v) is 3.32. The van der Waals surface area contributed by atoms with E-state index in [1.54, 1.807) is 12.1 Å². The molecule has 0 saturated heterocycles. The normalized spacial score (nSPS) is 10.5. The van der Waals surface area contributed by atoms with Crippen LogP contribution in [0.5, 0.6) is 0 Å². The van der Waals surface area contributed by atoms with E-state index in [-0.39, 0.29) is 5.56 Å². The van der Waals surface area contributed by atoms with Crippen molar-refractivity contribution in [2.24, 2.45) is 0 Å². The molecular formula is C17H25FO2. The van der Waals surface area contributed by atoms with Gasteiger partial charge in [-0.3, -0.25) is 0 Å². The molecule has 0 atom stereocenters. The Labute approximate surface area is 121 Å². The molecular weight excluding hydrogens is 255 g/mol. The lowest BCUT2D eigenvalue weighted by molar-refractivity contribution is 0.0492. The summed E-state index contributed by atoms with van der Waals surface area (Å²) < 4.78 is 18.4. The minimum atomic E-state index is -0.564. The summed E-state index contributed by atoms with van der Waals surface area (Å²) in [7, 11) is 0. The van der Waals surface area contributed by atoms with Crippen molar-refractivity contribution in [1.82, 2.24) is 0 Å². The molecule has 0 heterocycles. The van der Waals surface area contributed by atoms with Gasteiger partial charge >= 0.3 is 5.97 Å². The Bertz CT molecular complexity index is 390. The van der Waals surface area contributed by atoms with Crippen LogP contribution in [0.25, 0.3) is 0 Å². The summed E-state index contributed by atoms with van der Waals surface area (Å²) in [6.45, 7) is 2.59. The lowest BCUT2D eigenvalue weighted by Crippen LogP contribution is -2.08. The molecule has 0 aliphatic rings. The van der Waals surface area contributed by atoms with Gasteiger partial charge in [0.15, 0.2) is 0 Å². The molecule has 0 bridgehead atoms. The minimum Gasteiger partial charge on any atom is -0.462 e. The average Bonchev–Trinajstić information content (AvgIpc) is 2.46. The third kappa shape index (κ3) is 6.69. The van der Waals surface area contributed by atoms with Crippen molar-refractivity contribution in [1.29, 1.82) is 0 Å². The fourth-order valence-electron chi connectivity index (χ4n) is 2.11. The highest BCUT2D eigenvalue weighted by Gasteiger charge is 2.11. The first kappa shape index (κ1) is 16.7. The predicted molar refractivity (Wildman–Crippen MR) is 79.3 cm³/mol. The summed E-state index contributed by atoms with van der Waals surface area (Å²) in [5.41, 5.74) is 0.0204.